The largest absolute Gasteiger partial charge is 0.360 e. The molecule has 6 heteroatoms. The molecular formula is C14H23N3O3. The van der Waals surface area contributed by atoms with E-state index in [0.717, 1.165) is 0 Å². The number of hydrogen-bond donors (Lipinski definition) is 2. The number of aryl methyl sites for hydroxylation is 1. The summed E-state index contributed by atoms with van der Waals surface area (Å²) in [5.41, 5.74) is -0.544. The maximum atomic E-state index is 12.2. The summed E-state index contributed by atoms with van der Waals surface area (Å²) in [7, 11) is 0. The molecule has 2 N–H and O–H groups in total. The average molecular weight is 281 g/mol. The Morgan fingerprint density at radius 1 is 1.30 bits per heavy atom. The number of anilines is 1. The summed E-state index contributed by atoms with van der Waals surface area (Å²) in [6.07, 6.45) is 0. The lowest BCUT2D eigenvalue weighted by Crippen LogP contribution is -2.50. The van der Waals surface area contributed by atoms with Crippen LogP contribution in [0.5, 0.6) is 0 Å². The van der Waals surface area contributed by atoms with E-state index in [1.807, 2.05) is 13.8 Å². The normalized spacial score (nSPS) is 13.2. The van der Waals surface area contributed by atoms with Gasteiger partial charge in [0, 0.05) is 11.5 Å². The third kappa shape index (κ3) is 4.36. The summed E-state index contributed by atoms with van der Waals surface area (Å²) < 4.78 is 4.89. The van der Waals surface area contributed by atoms with Gasteiger partial charge in [0.2, 0.25) is 11.8 Å². The quantitative estimate of drug-likeness (QED) is 0.885. The van der Waals surface area contributed by atoms with Crippen LogP contribution in [-0.4, -0.2) is 23.0 Å². The van der Waals surface area contributed by atoms with Gasteiger partial charge in [-0.2, -0.15) is 0 Å². The summed E-state index contributed by atoms with van der Waals surface area (Å²) in [5.74, 6) is 0.464. The van der Waals surface area contributed by atoms with Crippen LogP contribution >= 0.6 is 0 Å². The van der Waals surface area contributed by atoms with Gasteiger partial charge in [0.05, 0.1) is 0 Å². The molecule has 0 spiro atoms. The third-order valence-corrected chi connectivity index (χ3v) is 2.80. The Hall–Kier alpha value is -1.85. The molecule has 1 aromatic rings. The Labute approximate surface area is 119 Å². The van der Waals surface area contributed by atoms with Crippen LogP contribution in [0.4, 0.5) is 5.82 Å². The highest BCUT2D eigenvalue weighted by molar-refractivity contribution is 5.97. The zero-order valence-corrected chi connectivity index (χ0v) is 12.9. The van der Waals surface area contributed by atoms with E-state index in [1.165, 1.54) is 0 Å². The first-order chi connectivity index (χ1) is 9.11. The average Bonchev–Trinajstić information content (AvgIpc) is 2.69. The van der Waals surface area contributed by atoms with Crippen LogP contribution in [0.2, 0.25) is 0 Å². The van der Waals surface area contributed by atoms with E-state index >= 15 is 0 Å². The molecule has 1 heterocycles. The van der Waals surface area contributed by atoms with E-state index in [0.29, 0.717) is 11.6 Å². The first kappa shape index (κ1) is 16.2. The van der Waals surface area contributed by atoms with Gasteiger partial charge in [-0.05, 0) is 12.8 Å². The SMILES string of the molecule is Cc1cc(NC(=O)[C@@H](NC(=O)C(C)(C)C)C(C)C)no1. The molecule has 0 saturated carbocycles. The molecule has 20 heavy (non-hydrogen) atoms. The minimum Gasteiger partial charge on any atom is -0.360 e. The van der Waals surface area contributed by atoms with Crippen molar-refractivity contribution < 1.29 is 14.1 Å². The van der Waals surface area contributed by atoms with Crippen molar-refractivity contribution in [2.45, 2.75) is 47.6 Å². The predicted molar refractivity (Wildman–Crippen MR) is 76.1 cm³/mol. The fraction of sp³-hybridized carbons (Fsp3) is 0.643. The van der Waals surface area contributed by atoms with E-state index in [2.05, 4.69) is 15.8 Å². The molecular weight excluding hydrogens is 258 g/mol. The molecule has 1 aromatic heterocycles. The summed E-state index contributed by atoms with van der Waals surface area (Å²) in [5, 5.41) is 9.12. The molecule has 0 aliphatic carbocycles. The van der Waals surface area contributed by atoms with Crippen molar-refractivity contribution in [3.05, 3.63) is 11.8 Å². The molecule has 0 saturated heterocycles. The van der Waals surface area contributed by atoms with Crippen LogP contribution in [0.3, 0.4) is 0 Å². The Morgan fingerprint density at radius 3 is 2.30 bits per heavy atom. The molecule has 2 amide bonds. The van der Waals surface area contributed by atoms with E-state index < -0.39 is 11.5 Å². The van der Waals surface area contributed by atoms with Crippen molar-refractivity contribution in [2.24, 2.45) is 11.3 Å². The number of nitrogens with zero attached hydrogens (tertiary/aromatic N) is 1. The first-order valence-electron chi connectivity index (χ1n) is 6.66. The Morgan fingerprint density at radius 2 is 1.90 bits per heavy atom. The first-order valence-corrected chi connectivity index (χ1v) is 6.66. The number of carbonyl (C=O) groups is 2. The molecule has 0 aliphatic heterocycles. The fourth-order valence-electron chi connectivity index (χ4n) is 1.52. The van der Waals surface area contributed by atoms with E-state index in [-0.39, 0.29) is 17.7 Å². The van der Waals surface area contributed by atoms with Crippen LogP contribution in [-0.2, 0) is 9.59 Å². The van der Waals surface area contributed by atoms with Crippen LogP contribution in [0.15, 0.2) is 10.6 Å². The standard InChI is InChI=1S/C14H23N3O3/c1-8(2)11(16-13(19)14(4,5)6)12(18)15-10-7-9(3)20-17-10/h7-8,11H,1-6H3,(H,16,19)(H,15,17,18)/t11-/m0/s1. The molecule has 0 fully saturated rings. The molecule has 0 aromatic carbocycles. The second-order valence-corrected chi connectivity index (χ2v) is 6.26. The van der Waals surface area contributed by atoms with Gasteiger partial charge in [-0.25, -0.2) is 0 Å². The molecule has 0 bridgehead atoms. The van der Waals surface area contributed by atoms with Crippen LogP contribution in [0.1, 0.15) is 40.4 Å². The topological polar surface area (TPSA) is 84.2 Å². The van der Waals surface area contributed by atoms with E-state index in [4.69, 9.17) is 4.52 Å². The number of nitrogens with one attached hydrogen (secondary N) is 2. The maximum Gasteiger partial charge on any atom is 0.248 e. The molecule has 0 radical (unpaired) electrons. The lowest BCUT2D eigenvalue weighted by Gasteiger charge is -2.25. The zero-order valence-electron chi connectivity index (χ0n) is 12.9. The number of aromatic nitrogens is 1. The molecule has 0 aliphatic rings. The summed E-state index contributed by atoms with van der Waals surface area (Å²) in [6.45, 7) is 10.9. The van der Waals surface area contributed by atoms with Gasteiger partial charge in [0.25, 0.3) is 0 Å². The molecule has 1 rings (SSSR count). The fourth-order valence-corrected chi connectivity index (χ4v) is 1.52. The molecule has 0 unspecified atom stereocenters. The number of hydrogen-bond acceptors (Lipinski definition) is 4. The van der Waals surface area contributed by atoms with Crippen molar-refractivity contribution >= 4 is 17.6 Å². The van der Waals surface area contributed by atoms with Crippen LogP contribution in [0.25, 0.3) is 0 Å². The summed E-state index contributed by atoms with van der Waals surface area (Å²) in [4.78, 5) is 24.2. The highest BCUT2D eigenvalue weighted by atomic mass is 16.5. The molecule has 112 valence electrons. The summed E-state index contributed by atoms with van der Waals surface area (Å²) >= 11 is 0. The Bertz CT molecular complexity index is 486. The van der Waals surface area contributed by atoms with Gasteiger partial charge in [0.1, 0.15) is 11.8 Å². The third-order valence-electron chi connectivity index (χ3n) is 2.80. The highest BCUT2D eigenvalue weighted by Gasteiger charge is 2.29. The van der Waals surface area contributed by atoms with Gasteiger partial charge < -0.3 is 15.2 Å². The number of amides is 2. The van der Waals surface area contributed by atoms with Gasteiger partial charge >= 0.3 is 0 Å². The lowest BCUT2D eigenvalue weighted by molar-refractivity contribution is -0.132. The van der Waals surface area contributed by atoms with E-state index in [9.17, 15) is 9.59 Å². The van der Waals surface area contributed by atoms with Crippen molar-refractivity contribution in [2.75, 3.05) is 5.32 Å². The number of carbonyl (C=O) groups excluding carboxylic acids is 2. The van der Waals surface area contributed by atoms with Crippen LogP contribution in [0, 0.1) is 18.3 Å². The highest BCUT2D eigenvalue weighted by Crippen LogP contribution is 2.15. The minimum atomic E-state index is -0.612. The van der Waals surface area contributed by atoms with E-state index in [1.54, 1.807) is 33.8 Å². The lowest BCUT2D eigenvalue weighted by atomic mass is 9.93. The predicted octanol–water partition coefficient (Wildman–Crippen LogP) is 2.11. The number of rotatable bonds is 4. The maximum absolute atomic E-state index is 12.2. The minimum absolute atomic E-state index is 0.0331. The van der Waals surface area contributed by atoms with Crippen LogP contribution < -0.4 is 10.6 Å². The van der Waals surface area contributed by atoms with Crippen molar-refractivity contribution in [1.29, 1.82) is 0 Å². The van der Waals surface area contributed by atoms with Crippen molar-refractivity contribution in [3.63, 3.8) is 0 Å². The summed E-state index contributed by atoms with van der Waals surface area (Å²) in [6, 6.07) is 1.01. The van der Waals surface area contributed by atoms with Gasteiger partial charge in [-0.1, -0.05) is 39.8 Å². The smallest absolute Gasteiger partial charge is 0.248 e. The second kappa shape index (κ2) is 6.07. The second-order valence-electron chi connectivity index (χ2n) is 6.26. The van der Waals surface area contributed by atoms with Crippen molar-refractivity contribution in [3.8, 4) is 0 Å². The Balaban J connectivity index is 2.75. The van der Waals surface area contributed by atoms with Crippen molar-refractivity contribution in [1.82, 2.24) is 10.5 Å². The van der Waals surface area contributed by atoms with Gasteiger partial charge in [-0.3, -0.25) is 9.59 Å². The zero-order chi connectivity index (χ0) is 15.5. The van der Waals surface area contributed by atoms with Gasteiger partial charge in [0.15, 0.2) is 5.82 Å². The molecule has 1 atom stereocenters. The molecule has 6 nitrogen and oxygen atoms in total. The van der Waals surface area contributed by atoms with Gasteiger partial charge in [-0.15, -0.1) is 0 Å². The Kier molecular flexibility index (Phi) is 4.92. The monoisotopic (exact) mass is 281 g/mol.